The van der Waals surface area contributed by atoms with Crippen LogP contribution in [-0.2, 0) is 16.6 Å². The lowest BCUT2D eigenvalue weighted by molar-refractivity contribution is 0.469. The molecule has 1 heterocycles. The lowest BCUT2D eigenvalue weighted by Gasteiger charge is -2.17. The van der Waals surface area contributed by atoms with Crippen LogP contribution in [0.2, 0.25) is 0 Å². The molecule has 0 aliphatic carbocycles. The van der Waals surface area contributed by atoms with Crippen LogP contribution in [0.5, 0.6) is 0 Å². The van der Waals surface area contributed by atoms with Crippen molar-refractivity contribution in [2.24, 2.45) is 0 Å². The average Bonchev–Trinajstić information content (AvgIpc) is 2.84. The van der Waals surface area contributed by atoms with Gasteiger partial charge < -0.3 is 0 Å². The Kier molecular flexibility index (Phi) is 4.23. The van der Waals surface area contributed by atoms with Gasteiger partial charge in [-0.25, -0.2) is 8.42 Å². The normalized spacial score (nSPS) is 11.5. The van der Waals surface area contributed by atoms with E-state index in [1.54, 1.807) is 12.1 Å². The maximum Gasteiger partial charge on any atom is 0.244 e. The molecule has 1 aromatic carbocycles. The van der Waals surface area contributed by atoms with Gasteiger partial charge >= 0.3 is 0 Å². The van der Waals surface area contributed by atoms with Crippen LogP contribution in [0.15, 0.2) is 40.6 Å². The van der Waals surface area contributed by atoms with E-state index in [0.29, 0.717) is 6.54 Å². The first-order chi connectivity index (χ1) is 9.46. The Morgan fingerprint density at radius 1 is 1.30 bits per heavy atom. The number of nitrogens with zero attached hydrogens (tertiary/aromatic N) is 2. The average molecular weight is 306 g/mol. The third-order valence-corrected chi connectivity index (χ3v) is 5.90. The van der Waals surface area contributed by atoms with Gasteiger partial charge in [0.2, 0.25) is 10.0 Å². The molecule has 0 fully saturated rings. The Hall–Kier alpha value is -1.68. The molecule has 0 radical (unpaired) electrons. The molecule has 0 amide bonds. The van der Waals surface area contributed by atoms with Crippen molar-refractivity contribution in [3.63, 3.8) is 0 Å². The van der Waals surface area contributed by atoms with Crippen molar-refractivity contribution in [3.05, 3.63) is 51.7 Å². The van der Waals surface area contributed by atoms with Gasteiger partial charge in [-0.2, -0.15) is 9.57 Å². The second-order valence-electron chi connectivity index (χ2n) is 4.40. The number of hydrogen-bond donors (Lipinski definition) is 0. The maximum absolute atomic E-state index is 12.5. The third kappa shape index (κ3) is 2.75. The van der Waals surface area contributed by atoms with Crippen LogP contribution in [0.4, 0.5) is 0 Å². The van der Waals surface area contributed by atoms with Crippen LogP contribution in [0, 0.1) is 18.3 Å². The summed E-state index contributed by atoms with van der Waals surface area (Å²) in [5.74, 6) is 0. The van der Waals surface area contributed by atoms with Crippen LogP contribution in [0.3, 0.4) is 0 Å². The van der Waals surface area contributed by atoms with E-state index in [2.05, 4.69) is 0 Å². The Morgan fingerprint density at radius 2 is 2.00 bits per heavy atom. The summed E-state index contributed by atoms with van der Waals surface area (Å²) in [6.45, 7) is 2.26. The molecular formula is C14H14N2O2S2. The summed E-state index contributed by atoms with van der Waals surface area (Å²) in [6.07, 6.45) is 0. The van der Waals surface area contributed by atoms with Crippen LogP contribution in [0.1, 0.15) is 16.0 Å². The number of nitriles is 1. The maximum atomic E-state index is 12.5. The van der Waals surface area contributed by atoms with Crippen molar-refractivity contribution < 1.29 is 8.42 Å². The van der Waals surface area contributed by atoms with Crippen molar-refractivity contribution in [1.29, 1.82) is 5.26 Å². The number of thiophene rings is 1. The van der Waals surface area contributed by atoms with Gasteiger partial charge in [0, 0.05) is 18.5 Å². The van der Waals surface area contributed by atoms with Crippen molar-refractivity contribution >= 4 is 21.4 Å². The number of aryl methyl sites for hydroxylation is 1. The van der Waals surface area contributed by atoms with Gasteiger partial charge in [0.05, 0.1) is 10.5 Å². The Balaban J connectivity index is 2.35. The molecular weight excluding hydrogens is 292 g/mol. The summed E-state index contributed by atoms with van der Waals surface area (Å²) in [5, 5.41) is 11.0. The first kappa shape index (κ1) is 14.7. The van der Waals surface area contributed by atoms with Gasteiger partial charge in [-0.15, -0.1) is 11.3 Å². The zero-order valence-electron chi connectivity index (χ0n) is 11.2. The predicted molar refractivity (Wildman–Crippen MR) is 78.9 cm³/mol. The zero-order valence-corrected chi connectivity index (χ0v) is 12.8. The molecule has 0 saturated heterocycles. The minimum absolute atomic E-state index is 0.0548. The molecule has 1 aromatic heterocycles. The summed E-state index contributed by atoms with van der Waals surface area (Å²) in [6, 6.07) is 10.1. The fourth-order valence-electron chi connectivity index (χ4n) is 1.81. The minimum Gasteiger partial charge on any atom is -0.207 e. The molecule has 2 aromatic rings. The fourth-order valence-corrected chi connectivity index (χ4v) is 4.12. The monoisotopic (exact) mass is 306 g/mol. The predicted octanol–water partition coefficient (Wildman–Crippen LogP) is 2.75. The molecule has 0 spiro atoms. The van der Waals surface area contributed by atoms with E-state index in [4.69, 9.17) is 5.26 Å². The first-order valence-corrected chi connectivity index (χ1v) is 8.27. The molecule has 2 rings (SSSR count). The summed E-state index contributed by atoms with van der Waals surface area (Å²) in [5.41, 5.74) is 1.24. The van der Waals surface area contributed by atoms with Crippen LogP contribution in [-0.4, -0.2) is 19.8 Å². The lowest BCUT2D eigenvalue weighted by atomic mass is 10.2. The molecule has 0 aliphatic rings. The number of benzene rings is 1. The van der Waals surface area contributed by atoms with Crippen molar-refractivity contribution in [3.8, 4) is 6.07 Å². The first-order valence-electron chi connectivity index (χ1n) is 5.95. The molecule has 4 nitrogen and oxygen atoms in total. The van der Waals surface area contributed by atoms with Gasteiger partial charge in [-0.1, -0.05) is 12.1 Å². The molecule has 6 heteroatoms. The van der Waals surface area contributed by atoms with Gasteiger partial charge in [0.25, 0.3) is 0 Å². The van der Waals surface area contributed by atoms with E-state index in [1.807, 2.05) is 24.4 Å². The highest BCUT2D eigenvalue weighted by atomic mass is 32.2. The van der Waals surface area contributed by atoms with Gasteiger partial charge in [0.1, 0.15) is 6.07 Å². The molecule has 0 N–H and O–H groups in total. The summed E-state index contributed by atoms with van der Waals surface area (Å²) in [4.78, 5) is 1.06. The molecule has 20 heavy (non-hydrogen) atoms. The van der Waals surface area contributed by atoms with E-state index in [0.717, 1.165) is 10.4 Å². The van der Waals surface area contributed by atoms with E-state index in [-0.39, 0.29) is 10.5 Å². The van der Waals surface area contributed by atoms with E-state index in [9.17, 15) is 8.42 Å². The van der Waals surface area contributed by atoms with E-state index < -0.39 is 10.0 Å². The van der Waals surface area contributed by atoms with E-state index >= 15 is 0 Å². The summed E-state index contributed by atoms with van der Waals surface area (Å²) in [7, 11) is -2.13. The van der Waals surface area contributed by atoms with Gasteiger partial charge in [-0.3, -0.25) is 0 Å². The van der Waals surface area contributed by atoms with Crippen LogP contribution in [0.25, 0.3) is 0 Å². The van der Waals surface area contributed by atoms with E-state index in [1.165, 1.54) is 34.8 Å². The molecule has 0 atom stereocenters. The zero-order chi connectivity index (χ0) is 14.8. The second-order valence-corrected chi connectivity index (χ2v) is 7.41. The highest BCUT2D eigenvalue weighted by Gasteiger charge is 2.24. The van der Waals surface area contributed by atoms with Crippen molar-refractivity contribution in [2.45, 2.75) is 18.4 Å². The van der Waals surface area contributed by atoms with Crippen molar-refractivity contribution in [1.82, 2.24) is 4.31 Å². The minimum atomic E-state index is -3.66. The number of sulfonamides is 1. The third-order valence-electron chi connectivity index (χ3n) is 3.03. The Labute approximate surface area is 123 Å². The van der Waals surface area contributed by atoms with Crippen LogP contribution < -0.4 is 0 Å². The SMILES string of the molecule is Cc1ccsc1CN(C)S(=O)(=O)c1ccccc1C#N. The largest absolute Gasteiger partial charge is 0.244 e. The second kappa shape index (κ2) is 5.75. The van der Waals surface area contributed by atoms with Gasteiger partial charge in [-0.05, 0) is 36.1 Å². The topological polar surface area (TPSA) is 61.2 Å². The lowest BCUT2D eigenvalue weighted by Crippen LogP contribution is -2.27. The molecule has 104 valence electrons. The number of rotatable bonds is 4. The van der Waals surface area contributed by atoms with Crippen LogP contribution >= 0.6 is 11.3 Å². The quantitative estimate of drug-likeness (QED) is 0.872. The molecule has 0 bridgehead atoms. The molecule has 0 saturated carbocycles. The van der Waals surface area contributed by atoms with Crippen molar-refractivity contribution in [2.75, 3.05) is 7.05 Å². The summed E-state index contributed by atoms with van der Waals surface area (Å²) >= 11 is 1.53. The smallest absolute Gasteiger partial charge is 0.207 e. The standard InChI is InChI=1S/C14H14N2O2S2/c1-11-7-8-19-13(11)10-16(2)20(17,18)14-6-4-3-5-12(14)9-15/h3-8H,10H2,1-2H3. The highest BCUT2D eigenvalue weighted by molar-refractivity contribution is 7.89. The molecule has 0 aliphatic heterocycles. The number of hydrogen-bond acceptors (Lipinski definition) is 4. The fraction of sp³-hybridized carbons (Fsp3) is 0.214. The Bertz CT molecular complexity index is 757. The van der Waals surface area contributed by atoms with Gasteiger partial charge in [0.15, 0.2) is 0 Å². The highest BCUT2D eigenvalue weighted by Crippen LogP contribution is 2.23. The summed E-state index contributed by atoms with van der Waals surface area (Å²) < 4.78 is 26.3. The molecule has 0 unspecified atom stereocenters. The Morgan fingerprint density at radius 3 is 2.60 bits per heavy atom.